The van der Waals surface area contributed by atoms with Crippen molar-refractivity contribution >= 4 is 21.8 Å². The normalized spacial score (nSPS) is 11.6. The first kappa shape index (κ1) is 13.9. The summed E-state index contributed by atoms with van der Waals surface area (Å²) in [4.78, 5) is 0. The maximum absolute atomic E-state index is 5.81. The third kappa shape index (κ3) is 2.61. The Morgan fingerprint density at radius 1 is 1.26 bits per heavy atom. The summed E-state index contributed by atoms with van der Waals surface area (Å²) in [6.45, 7) is 6.41. The molecule has 2 aromatic rings. The van der Waals surface area contributed by atoms with Crippen LogP contribution in [-0.2, 0) is 5.41 Å². The van der Waals surface area contributed by atoms with Crippen molar-refractivity contribution in [1.82, 2.24) is 5.16 Å². The van der Waals surface area contributed by atoms with Gasteiger partial charge in [-0.25, -0.2) is 0 Å². The summed E-state index contributed by atoms with van der Waals surface area (Å²) in [5.74, 6) is 1.09. The van der Waals surface area contributed by atoms with E-state index in [2.05, 4.69) is 47.9 Å². The maximum atomic E-state index is 5.81. The number of nitrogen functional groups attached to an aromatic ring is 1. The van der Waals surface area contributed by atoms with Crippen LogP contribution in [0.15, 0.2) is 27.3 Å². The van der Waals surface area contributed by atoms with Crippen LogP contribution < -0.4 is 10.5 Å². The molecule has 0 aliphatic carbocycles. The molecule has 0 unspecified atom stereocenters. The minimum atomic E-state index is -0.0458. The zero-order valence-electron chi connectivity index (χ0n) is 11.5. The van der Waals surface area contributed by atoms with Gasteiger partial charge in [0, 0.05) is 15.6 Å². The first-order valence-electron chi connectivity index (χ1n) is 5.93. The van der Waals surface area contributed by atoms with E-state index in [9.17, 15) is 0 Å². The number of benzene rings is 1. The zero-order chi connectivity index (χ0) is 14.2. The van der Waals surface area contributed by atoms with Crippen molar-refractivity contribution in [2.45, 2.75) is 26.2 Å². The molecule has 0 aliphatic heterocycles. The molecule has 0 spiro atoms. The minimum Gasteiger partial charge on any atom is -0.496 e. The monoisotopic (exact) mass is 324 g/mol. The summed E-state index contributed by atoms with van der Waals surface area (Å²) in [6, 6.07) is 4.02. The molecular weight excluding hydrogens is 308 g/mol. The second-order valence-corrected chi connectivity index (χ2v) is 6.30. The average molecular weight is 325 g/mol. The molecule has 1 heterocycles. The van der Waals surface area contributed by atoms with E-state index in [4.69, 9.17) is 15.0 Å². The van der Waals surface area contributed by atoms with Gasteiger partial charge in [-0.3, -0.25) is 0 Å². The zero-order valence-corrected chi connectivity index (χ0v) is 13.0. The Hall–Kier alpha value is -1.49. The first-order valence-corrected chi connectivity index (χ1v) is 6.72. The molecule has 0 aliphatic rings. The highest BCUT2D eigenvalue weighted by molar-refractivity contribution is 9.10. The molecule has 4 nitrogen and oxygen atoms in total. The molecule has 19 heavy (non-hydrogen) atoms. The third-order valence-electron chi connectivity index (χ3n) is 2.95. The fourth-order valence-corrected chi connectivity index (χ4v) is 2.48. The number of rotatable bonds is 2. The van der Waals surface area contributed by atoms with Crippen molar-refractivity contribution in [3.8, 4) is 16.9 Å². The smallest absolute Gasteiger partial charge is 0.230 e. The lowest BCUT2D eigenvalue weighted by molar-refractivity contribution is 0.399. The van der Waals surface area contributed by atoms with E-state index in [1.165, 1.54) is 0 Å². The van der Waals surface area contributed by atoms with Crippen LogP contribution in [0, 0.1) is 0 Å². The van der Waals surface area contributed by atoms with Gasteiger partial charge < -0.3 is 15.0 Å². The quantitative estimate of drug-likeness (QED) is 0.907. The second kappa shape index (κ2) is 4.89. The Morgan fingerprint density at radius 2 is 1.95 bits per heavy atom. The third-order valence-corrected chi connectivity index (χ3v) is 3.41. The van der Waals surface area contributed by atoms with Crippen molar-refractivity contribution in [2.24, 2.45) is 0 Å². The van der Waals surface area contributed by atoms with Crippen LogP contribution in [0.3, 0.4) is 0 Å². The van der Waals surface area contributed by atoms with Gasteiger partial charge in [-0.05, 0) is 17.5 Å². The largest absolute Gasteiger partial charge is 0.496 e. The summed E-state index contributed by atoms with van der Waals surface area (Å²) in [7, 11) is 1.66. The van der Waals surface area contributed by atoms with E-state index in [1.54, 1.807) is 13.3 Å². The molecule has 1 aromatic heterocycles. The van der Waals surface area contributed by atoms with E-state index in [-0.39, 0.29) is 11.3 Å². The van der Waals surface area contributed by atoms with Gasteiger partial charge in [-0.1, -0.05) is 41.9 Å². The number of nitrogens with zero attached hydrogens (tertiary/aromatic N) is 1. The lowest BCUT2D eigenvalue weighted by Gasteiger charge is -2.24. The number of anilines is 1. The number of hydrogen-bond donors (Lipinski definition) is 1. The Morgan fingerprint density at radius 3 is 2.42 bits per heavy atom. The Kier molecular flexibility index (Phi) is 3.58. The number of hydrogen-bond acceptors (Lipinski definition) is 4. The van der Waals surface area contributed by atoms with Gasteiger partial charge >= 0.3 is 0 Å². The number of ether oxygens (including phenoxy) is 1. The van der Waals surface area contributed by atoms with Crippen LogP contribution in [0.1, 0.15) is 26.3 Å². The standard InChI is InChI=1S/C14H17BrN2O2/c1-14(2,3)11-6-8(15)5-9(12(11)18-4)10-7-17-19-13(10)16/h5-7H,16H2,1-4H3. The molecule has 0 saturated heterocycles. The van der Waals surface area contributed by atoms with Crippen molar-refractivity contribution in [1.29, 1.82) is 0 Å². The summed E-state index contributed by atoms with van der Waals surface area (Å²) in [5.41, 5.74) is 8.47. The maximum Gasteiger partial charge on any atom is 0.230 e. The molecule has 0 bridgehead atoms. The lowest BCUT2D eigenvalue weighted by atomic mass is 9.84. The fourth-order valence-electron chi connectivity index (χ4n) is 2.02. The highest BCUT2D eigenvalue weighted by Crippen LogP contribution is 2.42. The molecule has 0 amide bonds. The number of halogens is 1. The van der Waals surface area contributed by atoms with E-state index in [1.807, 2.05) is 6.07 Å². The molecular formula is C14H17BrN2O2. The Bertz CT molecular complexity index is 600. The van der Waals surface area contributed by atoms with Crippen molar-refractivity contribution < 1.29 is 9.26 Å². The van der Waals surface area contributed by atoms with Crippen LogP contribution >= 0.6 is 15.9 Å². The molecule has 0 radical (unpaired) electrons. The highest BCUT2D eigenvalue weighted by atomic mass is 79.9. The van der Waals surface area contributed by atoms with Crippen LogP contribution in [0.2, 0.25) is 0 Å². The van der Waals surface area contributed by atoms with E-state index in [0.29, 0.717) is 0 Å². The lowest BCUT2D eigenvalue weighted by Crippen LogP contribution is -2.13. The van der Waals surface area contributed by atoms with E-state index in [0.717, 1.165) is 26.9 Å². The average Bonchev–Trinajstić information content (AvgIpc) is 2.73. The summed E-state index contributed by atoms with van der Waals surface area (Å²) in [5, 5.41) is 3.72. The topological polar surface area (TPSA) is 61.3 Å². The van der Waals surface area contributed by atoms with Gasteiger partial charge in [-0.2, -0.15) is 0 Å². The summed E-state index contributed by atoms with van der Waals surface area (Å²) >= 11 is 3.53. The predicted molar refractivity (Wildman–Crippen MR) is 79.3 cm³/mol. The van der Waals surface area contributed by atoms with Gasteiger partial charge in [0.15, 0.2) is 0 Å². The van der Waals surface area contributed by atoms with Gasteiger partial charge in [0.05, 0.1) is 18.9 Å². The second-order valence-electron chi connectivity index (χ2n) is 5.39. The first-order chi connectivity index (χ1) is 8.84. The van der Waals surface area contributed by atoms with Crippen molar-refractivity contribution in [2.75, 3.05) is 12.8 Å². The number of nitrogens with two attached hydrogens (primary N) is 1. The van der Waals surface area contributed by atoms with Crippen LogP contribution in [-0.4, -0.2) is 12.3 Å². The molecule has 5 heteroatoms. The molecule has 2 N–H and O–H groups in total. The molecule has 0 saturated carbocycles. The molecule has 102 valence electrons. The summed E-state index contributed by atoms with van der Waals surface area (Å²) < 4.78 is 11.5. The van der Waals surface area contributed by atoms with Crippen LogP contribution in [0.5, 0.6) is 5.75 Å². The number of methoxy groups -OCH3 is 1. The van der Waals surface area contributed by atoms with Crippen LogP contribution in [0.25, 0.3) is 11.1 Å². The van der Waals surface area contributed by atoms with Gasteiger partial charge in [0.25, 0.3) is 0 Å². The van der Waals surface area contributed by atoms with Gasteiger partial charge in [-0.15, -0.1) is 0 Å². The van der Waals surface area contributed by atoms with Crippen molar-refractivity contribution in [3.05, 3.63) is 28.4 Å². The predicted octanol–water partition coefficient (Wildman–Crippen LogP) is 3.99. The Labute approximate surface area is 121 Å². The molecule has 0 fully saturated rings. The van der Waals surface area contributed by atoms with Gasteiger partial charge in [0.1, 0.15) is 5.75 Å². The van der Waals surface area contributed by atoms with Gasteiger partial charge in [0.2, 0.25) is 5.88 Å². The number of aromatic nitrogens is 1. The summed E-state index contributed by atoms with van der Waals surface area (Å²) in [6.07, 6.45) is 1.60. The SMILES string of the molecule is COc1c(-c2cnoc2N)cc(Br)cc1C(C)(C)C. The molecule has 1 aromatic carbocycles. The highest BCUT2D eigenvalue weighted by Gasteiger charge is 2.24. The van der Waals surface area contributed by atoms with Crippen LogP contribution in [0.4, 0.5) is 5.88 Å². The fraction of sp³-hybridized carbons (Fsp3) is 0.357. The van der Waals surface area contributed by atoms with Crippen molar-refractivity contribution in [3.63, 3.8) is 0 Å². The Balaban J connectivity index is 2.75. The minimum absolute atomic E-state index is 0.0458. The molecule has 2 rings (SSSR count). The van der Waals surface area contributed by atoms with E-state index >= 15 is 0 Å². The van der Waals surface area contributed by atoms with E-state index < -0.39 is 0 Å². The molecule has 0 atom stereocenters.